The number of ether oxygens (including phenoxy) is 1. The Morgan fingerprint density at radius 1 is 1.09 bits per heavy atom. The molecule has 1 aromatic rings. The molecule has 2 bridgehead atoms. The standard InChI is InChI=1S/C30H36N2O3/c1-27(2)15-20-14-22-25(33)26(34)23(32(4)5)16-29(22)12-13-30(20,35-29)24-11-10-21(28(24,27)3)19-8-6-18(17-31)7-9-19/h6-10,14-15,23-26,33-34H,11-13,16H2,1-5H3/t23?,24?,25-,26-,28-,29-,30-/m1/s1. The highest BCUT2D eigenvalue weighted by molar-refractivity contribution is 5.76. The lowest BCUT2D eigenvalue weighted by molar-refractivity contribution is -0.170. The van der Waals surface area contributed by atoms with E-state index in [1.54, 1.807) is 0 Å². The Morgan fingerprint density at radius 3 is 2.46 bits per heavy atom. The second kappa shape index (κ2) is 7.17. The van der Waals surface area contributed by atoms with Gasteiger partial charge in [0.05, 0.1) is 28.9 Å². The van der Waals surface area contributed by atoms with E-state index in [2.05, 4.69) is 57.2 Å². The molecule has 0 amide bonds. The van der Waals surface area contributed by atoms with E-state index in [1.807, 2.05) is 31.1 Å². The number of nitriles is 1. The molecule has 0 aromatic heterocycles. The number of likely N-dealkylation sites (N-methyl/N-ethyl adjacent to an activating group) is 1. The van der Waals surface area contributed by atoms with Gasteiger partial charge in [-0.2, -0.15) is 5.26 Å². The molecule has 2 unspecified atom stereocenters. The van der Waals surface area contributed by atoms with Crippen molar-refractivity contribution in [3.63, 3.8) is 0 Å². The average molecular weight is 473 g/mol. The fourth-order valence-electron chi connectivity index (χ4n) is 8.24. The normalized spacial score (nSPS) is 42.9. The maximum absolute atomic E-state index is 11.2. The van der Waals surface area contributed by atoms with Crippen LogP contribution < -0.4 is 0 Å². The Bertz CT molecular complexity index is 1220. The number of aliphatic hydroxyl groups is 2. The van der Waals surface area contributed by atoms with Crippen molar-refractivity contribution in [1.29, 1.82) is 5.26 Å². The predicted molar refractivity (Wildman–Crippen MR) is 135 cm³/mol. The number of aliphatic hydroxyl groups excluding tert-OH is 2. The minimum Gasteiger partial charge on any atom is -0.388 e. The van der Waals surface area contributed by atoms with E-state index >= 15 is 0 Å². The third-order valence-corrected chi connectivity index (χ3v) is 10.4. The molecule has 0 radical (unpaired) electrons. The van der Waals surface area contributed by atoms with E-state index in [0.717, 1.165) is 24.8 Å². The summed E-state index contributed by atoms with van der Waals surface area (Å²) in [7, 11) is 3.94. The van der Waals surface area contributed by atoms with Gasteiger partial charge in [0.15, 0.2) is 0 Å². The largest absolute Gasteiger partial charge is 0.388 e. The number of nitrogens with zero attached hydrogens (tertiary/aromatic N) is 2. The van der Waals surface area contributed by atoms with Crippen molar-refractivity contribution in [2.24, 2.45) is 16.7 Å². The van der Waals surface area contributed by atoms with Gasteiger partial charge in [-0.05, 0) is 79.6 Å². The molecule has 2 spiro atoms. The zero-order valence-corrected chi connectivity index (χ0v) is 21.4. The monoisotopic (exact) mass is 472 g/mol. The lowest BCUT2D eigenvalue weighted by Crippen LogP contribution is -2.63. The van der Waals surface area contributed by atoms with Crippen LogP contribution in [-0.2, 0) is 4.74 Å². The van der Waals surface area contributed by atoms with Crippen LogP contribution in [0, 0.1) is 28.1 Å². The zero-order chi connectivity index (χ0) is 25.0. The summed E-state index contributed by atoms with van der Waals surface area (Å²) < 4.78 is 7.26. The molecule has 5 heteroatoms. The van der Waals surface area contributed by atoms with Crippen LogP contribution in [-0.4, -0.2) is 58.7 Å². The zero-order valence-electron chi connectivity index (χ0n) is 21.4. The highest BCUT2D eigenvalue weighted by atomic mass is 16.5. The van der Waals surface area contributed by atoms with Gasteiger partial charge < -0.3 is 19.8 Å². The van der Waals surface area contributed by atoms with E-state index in [-0.39, 0.29) is 22.8 Å². The summed E-state index contributed by atoms with van der Waals surface area (Å²) in [4.78, 5) is 2.02. The van der Waals surface area contributed by atoms with E-state index in [4.69, 9.17) is 4.74 Å². The van der Waals surface area contributed by atoms with E-state index in [1.165, 1.54) is 16.7 Å². The first-order chi connectivity index (χ1) is 16.5. The molecular formula is C30H36N2O3. The summed E-state index contributed by atoms with van der Waals surface area (Å²) in [6, 6.07) is 10.1. The second-order valence-electron chi connectivity index (χ2n) is 12.4. The van der Waals surface area contributed by atoms with Crippen LogP contribution in [0.15, 0.2) is 53.6 Å². The predicted octanol–water partition coefficient (Wildman–Crippen LogP) is 4.22. The van der Waals surface area contributed by atoms with Gasteiger partial charge in [0.2, 0.25) is 0 Å². The van der Waals surface area contributed by atoms with Gasteiger partial charge in [-0.3, -0.25) is 0 Å². The lowest BCUT2D eigenvalue weighted by atomic mass is 9.49. The molecule has 2 aliphatic heterocycles. The van der Waals surface area contributed by atoms with E-state index in [9.17, 15) is 15.5 Å². The van der Waals surface area contributed by atoms with Crippen LogP contribution in [0.25, 0.3) is 5.57 Å². The minimum atomic E-state index is -0.916. The fourth-order valence-corrected chi connectivity index (χ4v) is 8.24. The topological polar surface area (TPSA) is 76.7 Å². The number of hydrogen-bond donors (Lipinski definition) is 2. The SMILES string of the molecule is CN(C)C1C[C@@]23CC[C@@]4(O2)C(=CC(C)(C)[C@]2(C)C(c5ccc(C#N)cc5)=CCC42)C=C3[C@@H](O)[C@@H]1O. The van der Waals surface area contributed by atoms with Gasteiger partial charge in [-0.15, -0.1) is 0 Å². The number of benzene rings is 1. The van der Waals surface area contributed by atoms with Gasteiger partial charge in [-0.1, -0.05) is 51.1 Å². The number of hydrogen-bond acceptors (Lipinski definition) is 5. The van der Waals surface area contributed by atoms with Crippen LogP contribution in [0.1, 0.15) is 57.6 Å². The van der Waals surface area contributed by atoms with Crippen LogP contribution >= 0.6 is 0 Å². The van der Waals surface area contributed by atoms with Gasteiger partial charge in [0.25, 0.3) is 0 Å². The second-order valence-corrected chi connectivity index (χ2v) is 12.4. The summed E-state index contributed by atoms with van der Waals surface area (Å²) in [6.45, 7) is 7.02. The van der Waals surface area contributed by atoms with Crippen molar-refractivity contribution in [2.45, 2.75) is 75.9 Å². The smallest absolute Gasteiger partial charge is 0.105 e. The third-order valence-electron chi connectivity index (χ3n) is 10.4. The Morgan fingerprint density at radius 2 is 1.80 bits per heavy atom. The quantitative estimate of drug-likeness (QED) is 0.674. The van der Waals surface area contributed by atoms with Crippen molar-refractivity contribution in [3.05, 3.63) is 64.8 Å². The Kier molecular flexibility index (Phi) is 4.75. The number of allylic oxidation sites excluding steroid dienone is 3. The molecule has 2 heterocycles. The van der Waals surface area contributed by atoms with Gasteiger partial charge in [-0.25, -0.2) is 0 Å². The molecule has 7 atom stereocenters. The van der Waals surface area contributed by atoms with E-state index in [0.29, 0.717) is 12.0 Å². The Labute approximate surface area is 208 Å². The number of fused-ring (bicyclic) bond motifs is 1. The summed E-state index contributed by atoms with van der Waals surface area (Å²) in [5, 5.41) is 31.4. The molecular weight excluding hydrogens is 436 g/mol. The highest BCUT2D eigenvalue weighted by Crippen LogP contribution is 2.71. The summed E-state index contributed by atoms with van der Waals surface area (Å²) in [5.41, 5.74) is 4.03. The summed E-state index contributed by atoms with van der Waals surface area (Å²) in [6.07, 6.45) is 8.65. The Balaban J connectivity index is 1.48. The molecule has 1 saturated heterocycles. The molecule has 35 heavy (non-hydrogen) atoms. The molecule has 3 aliphatic carbocycles. The number of rotatable bonds is 2. The van der Waals surface area contributed by atoms with Gasteiger partial charge >= 0.3 is 0 Å². The van der Waals surface area contributed by atoms with Crippen LogP contribution in [0.3, 0.4) is 0 Å². The molecule has 2 fully saturated rings. The third kappa shape index (κ3) is 2.77. The van der Waals surface area contributed by atoms with Crippen LogP contribution in [0.2, 0.25) is 0 Å². The molecule has 1 aromatic carbocycles. The summed E-state index contributed by atoms with van der Waals surface area (Å²) >= 11 is 0. The lowest BCUT2D eigenvalue weighted by Gasteiger charge is -2.60. The summed E-state index contributed by atoms with van der Waals surface area (Å²) in [5.74, 6) is 0.273. The molecule has 1 saturated carbocycles. The fraction of sp³-hybridized carbons (Fsp3) is 0.567. The Hall–Kier alpha value is -2.23. The average Bonchev–Trinajstić information content (AvgIpc) is 3.35. The van der Waals surface area contributed by atoms with E-state index < -0.39 is 23.4 Å². The first kappa shape index (κ1) is 23.2. The van der Waals surface area contributed by atoms with Crippen LogP contribution in [0.4, 0.5) is 0 Å². The minimum absolute atomic E-state index is 0.144. The van der Waals surface area contributed by atoms with Crippen molar-refractivity contribution in [2.75, 3.05) is 14.1 Å². The van der Waals surface area contributed by atoms with Crippen molar-refractivity contribution in [3.8, 4) is 6.07 Å². The molecule has 6 rings (SSSR count). The van der Waals surface area contributed by atoms with Gasteiger partial charge in [0.1, 0.15) is 6.10 Å². The van der Waals surface area contributed by atoms with Crippen molar-refractivity contribution in [1.82, 2.24) is 4.90 Å². The maximum atomic E-state index is 11.2. The van der Waals surface area contributed by atoms with Crippen LogP contribution in [0.5, 0.6) is 0 Å². The molecule has 5 aliphatic rings. The first-order valence-electron chi connectivity index (χ1n) is 12.9. The van der Waals surface area contributed by atoms with Crippen molar-refractivity contribution >= 4 is 5.57 Å². The van der Waals surface area contributed by atoms with Crippen molar-refractivity contribution < 1.29 is 14.9 Å². The molecule has 184 valence electrons. The first-order valence-corrected chi connectivity index (χ1v) is 12.9. The highest BCUT2D eigenvalue weighted by Gasteiger charge is 2.70. The molecule has 5 nitrogen and oxygen atoms in total. The van der Waals surface area contributed by atoms with Gasteiger partial charge in [0, 0.05) is 17.4 Å². The maximum Gasteiger partial charge on any atom is 0.105 e. The molecule has 2 N–H and O–H groups in total.